The maximum atomic E-state index is 0. The molecule has 0 aliphatic rings. The smallest absolute Gasteiger partial charge is 0.114 e. The van der Waals surface area contributed by atoms with E-state index in [2.05, 4.69) is 0 Å². The molecular weight excluding hydrogens is 254 g/mol. The molecule has 0 amide bonds. The topological polar surface area (TPSA) is 0 Å². The Morgan fingerprint density at radius 3 is 1.00 bits per heavy atom. The Balaban J connectivity index is 0. The van der Waals surface area contributed by atoms with Gasteiger partial charge in [-0.2, -0.15) is 0 Å². The van der Waals surface area contributed by atoms with E-state index in [-0.39, 0.29) is 97.6 Å². The first-order valence-corrected chi connectivity index (χ1v) is 0. The molecule has 0 fully saturated rings. The van der Waals surface area contributed by atoms with Gasteiger partial charge in [0.15, 0.2) is 0 Å². The third kappa shape index (κ3) is 8.91. The van der Waals surface area contributed by atoms with Crippen LogP contribution in [0.25, 0.3) is 0 Å². The maximum Gasteiger partial charge on any atom is 2.00 e. The zero-order valence-electron chi connectivity index (χ0n) is 2.52. The van der Waals surface area contributed by atoms with Crippen LogP contribution in [-0.4, -0.2) is 37.7 Å². The fourth-order valence-corrected chi connectivity index (χ4v) is 0. The van der Waals surface area contributed by atoms with Crippen LogP contribution in [0.2, 0.25) is 0 Å². The summed E-state index contributed by atoms with van der Waals surface area (Å²) in [6.45, 7) is 0. The zero-order valence-corrected chi connectivity index (χ0v) is 8.78. The Hall–Kier alpha value is 3.07. The van der Waals surface area contributed by atoms with Crippen LogP contribution in [0.5, 0.6) is 0 Å². The monoisotopic (exact) mass is 255 g/mol. The Morgan fingerprint density at radius 1 is 1.00 bits per heavy atom. The second-order valence-corrected chi connectivity index (χ2v) is 0. The van der Waals surface area contributed by atoms with Gasteiger partial charge < -0.3 is 0 Å². The summed E-state index contributed by atoms with van der Waals surface area (Å²) in [6.07, 6.45) is 0. The average Bonchev–Trinajstić information content (AvgIpc) is 0. The van der Waals surface area contributed by atoms with Gasteiger partial charge in [-0.15, -0.1) is 41.0 Å². The number of hydrogen-bond donors (Lipinski definition) is 0. The molecule has 0 unspecified atom stereocenters. The molecule has 0 aromatic carbocycles. The minimum absolute atomic E-state index is 0. The molecule has 0 N–H and O–H groups in total. The molecule has 0 bridgehead atoms. The van der Waals surface area contributed by atoms with Gasteiger partial charge in [0.25, 0.3) is 0 Å². The van der Waals surface area contributed by atoms with Crippen molar-refractivity contribution in [3.63, 3.8) is 0 Å². The molecule has 0 heterocycles. The maximum absolute atomic E-state index is 0. The standard InChI is InChI=1S/BrH.Ca.HI.Li/h1H;;1H;/q;+2;;+1. The van der Waals surface area contributed by atoms with E-state index in [0.29, 0.717) is 0 Å². The molecule has 0 rings (SSSR count). The summed E-state index contributed by atoms with van der Waals surface area (Å²) in [6, 6.07) is 0. The van der Waals surface area contributed by atoms with Crippen molar-refractivity contribution in [3.8, 4) is 0 Å². The second-order valence-electron chi connectivity index (χ2n) is 0. The minimum Gasteiger partial charge on any atom is -0.114 e. The van der Waals surface area contributed by atoms with Crippen molar-refractivity contribution in [2.45, 2.75) is 0 Å². The first-order valence-electron chi connectivity index (χ1n) is 0. The Bertz CT molecular complexity index is 8.00. The summed E-state index contributed by atoms with van der Waals surface area (Å²) in [7, 11) is 0. The summed E-state index contributed by atoms with van der Waals surface area (Å²) < 4.78 is 0. The van der Waals surface area contributed by atoms with Crippen molar-refractivity contribution in [2.75, 3.05) is 0 Å². The molecule has 0 saturated heterocycles. The Labute approximate surface area is 95.4 Å². The third-order valence-corrected chi connectivity index (χ3v) is 0. The van der Waals surface area contributed by atoms with Crippen LogP contribution in [0.4, 0.5) is 0 Å². The second kappa shape index (κ2) is 16.6. The predicted octanol–water partition coefficient (Wildman–Crippen LogP) is -2.18. The summed E-state index contributed by atoms with van der Waals surface area (Å²) in [4.78, 5) is 0. The van der Waals surface area contributed by atoms with E-state index in [1.54, 1.807) is 0 Å². The van der Waals surface area contributed by atoms with E-state index in [0.717, 1.165) is 0 Å². The summed E-state index contributed by atoms with van der Waals surface area (Å²) >= 11 is 0. The Kier molecular flexibility index (Phi) is 114. The fraction of sp³-hybridized carbons (Fsp3) is 0. The normalized spacial score (nSPS) is 0. The fourth-order valence-electron chi connectivity index (χ4n) is 0. The predicted molar refractivity (Wildman–Crippen MR) is 31.5 cm³/mol. The quantitative estimate of drug-likeness (QED) is 0.341. The van der Waals surface area contributed by atoms with Gasteiger partial charge in [-0.3, -0.25) is 0 Å². The molecular formula is H2BrCaILi+3. The molecule has 16 valence electrons. The molecule has 4 heteroatoms. The van der Waals surface area contributed by atoms with Gasteiger partial charge in [0.2, 0.25) is 0 Å². The first kappa shape index (κ1) is 27.7. The molecule has 0 radical (unpaired) electrons. The molecule has 0 aliphatic carbocycles. The van der Waals surface area contributed by atoms with Gasteiger partial charge in [-0.25, -0.2) is 0 Å². The van der Waals surface area contributed by atoms with Gasteiger partial charge in [0, 0.05) is 0 Å². The van der Waals surface area contributed by atoms with E-state index in [1.807, 2.05) is 0 Å². The third-order valence-electron chi connectivity index (χ3n) is 0. The van der Waals surface area contributed by atoms with Crippen LogP contribution in [0.3, 0.4) is 0 Å². The summed E-state index contributed by atoms with van der Waals surface area (Å²) in [5.74, 6) is 0. The molecule has 0 aromatic heterocycles. The zero-order chi connectivity index (χ0) is 0. The van der Waals surface area contributed by atoms with Gasteiger partial charge >= 0.3 is 56.6 Å². The van der Waals surface area contributed by atoms with Crippen molar-refractivity contribution in [1.82, 2.24) is 0 Å². The van der Waals surface area contributed by atoms with Crippen molar-refractivity contribution in [1.29, 1.82) is 0 Å². The number of hydrogen-bond acceptors (Lipinski definition) is 0. The average molecular weight is 256 g/mol. The SMILES string of the molecule is Br.I.[Ca+2].[Li+]. The van der Waals surface area contributed by atoms with Crippen LogP contribution in [0.1, 0.15) is 0 Å². The van der Waals surface area contributed by atoms with Crippen molar-refractivity contribution in [3.05, 3.63) is 0 Å². The van der Waals surface area contributed by atoms with Gasteiger partial charge in [-0.05, 0) is 0 Å². The van der Waals surface area contributed by atoms with Crippen LogP contribution >= 0.6 is 41.0 Å². The molecule has 4 heavy (non-hydrogen) atoms. The van der Waals surface area contributed by atoms with Gasteiger partial charge in [-0.1, -0.05) is 0 Å². The molecule has 0 spiro atoms. The van der Waals surface area contributed by atoms with Gasteiger partial charge in [0.05, 0.1) is 0 Å². The van der Waals surface area contributed by atoms with Crippen LogP contribution in [0, 0.1) is 0 Å². The molecule has 0 atom stereocenters. The molecule has 0 nitrogen and oxygen atoms in total. The first-order chi connectivity index (χ1) is 0. The van der Waals surface area contributed by atoms with Crippen LogP contribution < -0.4 is 18.9 Å². The van der Waals surface area contributed by atoms with E-state index in [4.69, 9.17) is 0 Å². The van der Waals surface area contributed by atoms with Crippen molar-refractivity contribution in [2.24, 2.45) is 0 Å². The number of rotatable bonds is 0. The molecule has 0 saturated carbocycles. The number of halogens is 2. The van der Waals surface area contributed by atoms with Crippen LogP contribution in [0.15, 0.2) is 0 Å². The van der Waals surface area contributed by atoms with E-state index in [9.17, 15) is 0 Å². The van der Waals surface area contributed by atoms with E-state index in [1.165, 1.54) is 0 Å². The largest absolute Gasteiger partial charge is 2.00 e. The molecule has 0 aliphatic heterocycles. The summed E-state index contributed by atoms with van der Waals surface area (Å²) in [5.41, 5.74) is 0. The van der Waals surface area contributed by atoms with Crippen molar-refractivity contribution >= 4 is 78.7 Å². The van der Waals surface area contributed by atoms with E-state index < -0.39 is 0 Å². The van der Waals surface area contributed by atoms with Crippen LogP contribution in [-0.2, 0) is 0 Å². The Morgan fingerprint density at radius 2 is 1.00 bits per heavy atom. The van der Waals surface area contributed by atoms with Gasteiger partial charge in [0.1, 0.15) is 0 Å². The van der Waals surface area contributed by atoms with E-state index >= 15 is 0 Å². The molecule has 0 aromatic rings. The minimum atomic E-state index is 0. The summed E-state index contributed by atoms with van der Waals surface area (Å²) in [5, 5.41) is 0. The van der Waals surface area contributed by atoms with Crippen molar-refractivity contribution < 1.29 is 18.9 Å².